The van der Waals surface area contributed by atoms with Crippen molar-refractivity contribution in [2.45, 2.75) is 82.5 Å². The molecule has 2 bridgehead atoms. The molecule has 1 saturated carbocycles. The van der Waals surface area contributed by atoms with E-state index in [2.05, 4.69) is 24.2 Å². The first kappa shape index (κ1) is 12.0. The Morgan fingerprint density at radius 1 is 1.12 bits per heavy atom. The molecule has 2 aliphatic heterocycles. The van der Waals surface area contributed by atoms with Crippen molar-refractivity contribution >= 4 is 0 Å². The maximum atomic E-state index is 3.51. The van der Waals surface area contributed by atoms with Crippen LogP contribution in [-0.4, -0.2) is 36.1 Å². The van der Waals surface area contributed by atoms with Gasteiger partial charge in [0.1, 0.15) is 0 Å². The lowest BCUT2D eigenvalue weighted by molar-refractivity contribution is 0.0622. The second kappa shape index (κ2) is 4.89. The van der Waals surface area contributed by atoms with E-state index in [1.807, 2.05) is 0 Å². The number of hydrogen-bond acceptors (Lipinski definition) is 2. The van der Waals surface area contributed by atoms with E-state index in [1.165, 1.54) is 51.4 Å². The van der Waals surface area contributed by atoms with Crippen molar-refractivity contribution in [1.82, 2.24) is 10.2 Å². The van der Waals surface area contributed by atoms with E-state index in [-0.39, 0.29) is 0 Å². The molecule has 1 N–H and O–H groups in total. The molecule has 3 fully saturated rings. The molecule has 0 radical (unpaired) electrons. The number of nitrogens with one attached hydrogen (secondary N) is 1. The second-order valence-corrected chi connectivity index (χ2v) is 6.53. The summed E-state index contributed by atoms with van der Waals surface area (Å²) in [6.45, 7) is 2.40. The Kier molecular flexibility index (Phi) is 3.45. The van der Waals surface area contributed by atoms with Gasteiger partial charge in [-0.05, 0) is 51.5 Å². The average molecular weight is 236 g/mol. The molecule has 2 nitrogen and oxygen atoms in total. The summed E-state index contributed by atoms with van der Waals surface area (Å²) in [5.41, 5.74) is 0. The molecular formula is C15H28N2. The van der Waals surface area contributed by atoms with Crippen molar-refractivity contribution in [2.75, 3.05) is 7.05 Å². The van der Waals surface area contributed by atoms with Crippen molar-refractivity contribution in [3.05, 3.63) is 0 Å². The van der Waals surface area contributed by atoms with Gasteiger partial charge in [0, 0.05) is 24.2 Å². The number of fused-ring (bicyclic) bond motifs is 2. The number of nitrogens with zero attached hydrogens (tertiary/aromatic N) is 1. The lowest BCUT2D eigenvalue weighted by Gasteiger charge is -2.43. The fraction of sp³-hybridized carbons (Fsp3) is 1.00. The molecule has 3 aliphatic rings. The van der Waals surface area contributed by atoms with Crippen LogP contribution in [-0.2, 0) is 0 Å². The summed E-state index contributed by atoms with van der Waals surface area (Å²) in [7, 11) is 2.14. The van der Waals surface area contributed by atoms with E-state index in [4.69, 9.17) is 0 Å². The average Bonchev–Trinajstić information content (AvgIpc) is 3.13. The fourth-order valence-corrected chi connectivity index (χ4v) is 4.28. The van der Waals surface area contributed by atoms with Crippen LogP contribution in [0.1, 0.15) is 58.3 Å². The maximum Gasteiger partial charge on any atom is 0.0116 e. The van der Waals surface area contributed by atoms with Crippen molar-refractivity contribution in [3.63, 3.8) is 0 Å². The van der Waals surface area contributed by atoms with Crippen LogP contribution >= 0.6 is 0 Å². The highest BCUT2D eigenvalue weighted by atomic mass is 15.3. The highest BCUT2D eigenvalue weighted by Crippen LogP contribution is 2.42. The molecule has 0 amide bonds. The van der Waals surface area contributed by atoms with Crippen LogP contribution in [0.5, 0.6) is 0 Å². The summed E-state index contributed by atoms with van der Waals surface area (Å²) >= 11 is 0. The lowest BCUT2D eigenvalue weighted by Crippen LogP contribution is -2.52. The van der Waals surface area contributed by atoms with Gasteiger partial charge in [-0.25, -0.2) is 0 Å². The molecule has 1 aliphatic carbocycles. The van der Waals surface area contributed by atoms with Gasteiger partial charge in [0.2, 0.25) is 0 Å². The van der Waals surface area contributed by atoms with Crippen LogP contribution in [0.3, 0.4) is 0 Å². The minimum atomic E-state index is 0.794. The number of rotatable bonds is 5. The standard InChI is InChI=1S/C15H28N2/c1-3-13(8-11-4-5-11)17-14-6-7-15(17)10-12(9-14)16-2/h11-16H,3-10H2,1-2H3. The first-order valence-corrected chi connectivity index (χ1v) is 7.76. The molecule has 98 valence electrons. The third-order valence-corrected chi connectivity index (χ3v) is 5.39. The predicted octanol–water partition coefficient (Wildman–Crippen LogP) is 2.78. The summed E-state index contributed by atoms with van der Waals surface area (Å²) < 4.78 is 0. The highest BCUT2D eigenvalue weighted by Gasteiger charge is 2.43. The summed E-state index contributed by atoms with van der Waals surface area (Å²) in [6.07, 6.45) is 11.6. The fourth-order valence-electron chi connectivity index (χ4n) is 4.28. The first-order valence-electron chi connectivity index (χ1n) is 7.76. The van der Waals surface area contributed by atoms with Gasteiger partial charge in [0.05, 0.1) is 0 Å². The number of piperidine rings is 1. The van der Waals surface area contributed by atoms with Crippen LogP contribution in [0.15, 0.2) is 0 Å². The van der Waals surface area contributed by atoms with Gasteiger partial charge >= 0.3 is 0 Å². The first-order chi connectivity index (χ1) is 8.31. The molecule has 2 saturated heterocycles. The normalized spacial score (nSPS) is 39.5. The molecule has 3 rings (SSSR count). The zero-order valence-electron chi connectivity index (χ0n) is 11.5. The molecule has 3 unspecified atom stereocenters. The number of hydrogen-bond donors (Lipinski definition) is 1. The van der Waals surface area contributed by atoms with E-state index in [9.17, 15) is 0 Å². The lowest BCUT2D eigenvalue weighted by atomic mass is 9.93. The molecule has 0 aromatic heterocycles. The summed E-state index contributed by atoms with van der Waals surface area (Å²) in [4.78, 5) is 2.94. The van der Waals surface area contributed by atoms with Crippen molar-refractivity contribution in [1.29, 1.82) is 0 Å². The van der Waals surface area contributed by atoms with Gasteiger partial charge in [-0.15, -0.1) is 0 Å². The second-order valence-electron chi connectivity index (χ2n) is 6.53. The zero-order valence-corrected chi connectivity index (χ0v) is 11.5. The van der Waals surface area contributed by atoms with E-state index >= 15 is 0 Å². The van der Waals surface area contributed by atoms with Crippen LogP contribution in [0.4, 0.5) is 0 Å². The third kappa shape index (κ3) is 2.39. The minimum Gasteiger partial charge on any atom is -0.317 e. The Bertz CT molecular complexity index is 248. The molecule has 2 heterocycles. The molecule has 0 aromatic rings. The Hall–Kier alpha value is -0.0800. The van der Waals surface area contributed by atoms with Gasteiger partial charge < -0.3 is 5.32 Å². The van der Waals surface area contributed by atoms with Crippen LogP contribution in [0.25, 0.3) is 0 Å². The Morgan fingerprint density at radius 2 is 1.76 bits per heavy atom. The SMILES string of the molecule is CCC(CC1CC1)N1C2CCC1CC(NC)C2. The summed E-state index contributed by atoms with van der Waals surface area (Å²) in [5.74, 6) is 1.08. The molecule has 0 spiro atoms. The Balaban J connectivity index is 1.66. The smallest absolute Gasteiger partial charge is 0.0116 e. The highest BCUT2D eigenvalue weighted by molar-refractivity contribution is 5.00. The van der Waals surface area contributed by atoms with Crippen molar-refractivity contribution < 1.29 is 0 Å². The van der Waals surface area contributed by atoms with E-state index in [0.29, 0.717) is 0 Å². The van der Waals surface area contributed by atoms with E-state index in [0.717, 1.165) is 30.1 Å². The third-order valence-electron chi connectivity index (χ3n) is 5.39. The topological polar surface area (TPSA) is 15.3 Å². The van der Waals surface area contributed by atoms with Gasteiger partial charge in [0.25, 0.3) is 0 Å². The monoisotopic (exact) mass is 236 g/mol. The maximum absolute atomic E-state index is 3.51. The van der Waals surface area contributed by atoms with Crippen molar-refractivity contribution in [2.24, 2.45) is 5.92 Å². The van der Waals surface area contributed by atoms with Gasteiger partial charge in [-0.1, -0.05) is 19.8 Å². The summed E-state index contributed by atoms with van der Waals surface area (Å²) in [6, 6.07) is 3.49. The van der Waals surface area contributed by atoms with Gasteiger partial charge in [-0.2, -0.15) is 0 Å². The van der Waals surface area contributed by atoms with Crippen LogP contribution in [0, 0.1) is 5.92 Å². The largest absolute Gasteiger partial charge is 0.317 e. The molecule has 0 aromatic carbocycles. The Morgan fingerprint density at radius 3 is 2.24 bits per heavy atom. The van der Waals surface area contributed by atoms with E-state index < -0.39 is 0 Å². The molecule has 2 heteroatoms. The van der Waals surface area contributed by atoms with Crippen molar-refractivity contribution in [3.8, 4) is 0 Å². The van der Waals surface area contributed by atoms with Gasteiger partial charge in [0.15, 0.2) is 0 Å². The molecule has 17 heavy (non-hydrogen) atoms. The molecule has 3 atom stereocenters. The zero-order chi connectivity index (χ0) is 11.8. The molecular weight excluding hydrogens is 208 g/mol. The predicted molar refractivity (Wildman–Crippen MR) is 72.2 cm³/mol. The van der Waals surface area contributed by atoms with Gasteiger partial charge in [-0.3, -0.25) is 4.90 Å². The van der Waals surface area contributed by atoms with E-state index in [1.54, 1.807) is 0 Å². The quantitative estimate of drug-likeness (QED) is 0.789. The minimum absolute atomic E-state index is 0.794. The Labute approximate surface area is 106 Å². The van der Waals surface area contributed by atoms with Crippen LogP contribution in [0.2, 0.25) is 0 Å². The van der Waals surface area contributed by atoms with Crippen LogP contribution < -0.4 is 5.32 Å². The summed E-state index contributed by atoms with van der Waals surface area (Å²) in [5, 5.41) is 3.51.